The molecule has 0 aromatic heterocycles. The Bertz CT molecular complexity index is 677. The van der Waals surface area contributed by atoms with Crippen molar-refractivity contribution in [2.75, 3.05) is 25.0 Å². The van der Waals surface area contributed by atoms with Gasteiger partial charge in [-0.15, -0.1) is 0 Å². The molecule has 0 radical (unpaired) electrons. The Balaban J connectivity index is 1.40. The van der Waals surface area contributed by atoms with Crippen molar-refractivity contribution >= 4 is 11.7 Å². The first-order valence-electron chi connectivity index (χ1n) is 10.4. The zero-order valence-electron chi connectivity index (χ0n) is 16.1. The number of rotatable bonds is 4. The van der Waals surface area contributed by atoms with Gasteiger partial charge in [-0.3, -0.25) is 4.90 Å². The Kier molecular flexibility index (Phi) is 5.53. The van der Waals surface area contributed by atoms with Crippen molar-refractivity contribution in [1.29, 1.82) is 0 Å². The summed E-state index contributed by atoms with van der Waals surface area (Å²) in [6.45, 7) is 4.97. The number of hydrogen-bond acceptors (Lipinski definition) is 3. The van der Waals surface area contributed by atoms with Crippen LogP contribution in [0.1, 0.15) is 51.9 Å². The molecule has 6 heteroatoms. The van der Waals surface area contributed by atoms with Crippen LogP contribution in [0.5, 0.6) is 5.75 Å². The third-order valence-corrected chi connectivity index (χ3v) is 6.30. The molecule has 5 nitrogen and oxygen atoms in total. The summed E-state index contributed by atoms with van der Waals surface area (Å²) in [6, 6.07) is 5.30. The molecule has 27 heavy (non-hydrogen) atoms. The van der Waals surface area contributed by atoms with Crippen molar-refractivity contribution in [3.8, 4) is 5.75 Å². The number of piperazine rings is 1. The quantitative estimate of drug-likeness (QED) is 0.856. The van der Waals surface area contributed by atoms with Crippen LogP contribution in [0.15, 0.2) is 18.2 Å². The van der Waals surface area contributed by atoms with Gasteiger partial charge >= 0.3 is 6.03 Å². The van der Waals surface area contributed by atoms with E-state index in [1.54, 1.807) is 12.1 Å². The maximum atomic E-state index is 14.4. The van der Waals surface area contributed by atoms with Gasteiger partial charge in [0.25, 0.3) is 0 Å². The van der Waals surface area contributed by atoms with Gasteiger partial charge in [0.1, 0.15) is 0 Å². The van der Waals surface area contributed by atoms with Gasteiger partial charge in [-0.1, -0.05) is 6.92 Å². The molecule has 0 bridgehead atoms. The van der Waals surface area contributed by atoms with E-state index >= 15 is 0 Å². The molecule has 2 heterocycles. The molecule has 2 aliphatic heterocycles. The molecule has 1 saturated carbocycles. The van der Waals surface area contributed by atoms with Crippen molar-refractivity contribution in [2.45, 2.75) is 70.1 Å². The summed E-state index contributed by atoms with van der Waals surface area (Å²) >= 11 is 0. The average Bonchev–Trinajstić information content (AvgIpc) is 3.34. The lowest BCUT2D eigenvalue weighted by Gasteiger charge is -2.43. The van der Waals surface area contributed by atoms with Gasteiger partial charge in [0, 0.05) is 36.9 Å². The number of nitrogens with one attached hydrogen (secondary N) is 1. The van der Waals surface area contributed by atoms with Crippen LogP contribution in [0.4, 0.5) is 14.9 Å². The molecule has 4 rings (SSSR count). The van der Waals surface area contributed by atoms with E-state index in [-0.39, 0.29) is 23.9 Å². The van der Waals surface area contributed by atoms with E-state index in [1.807, 2.05) is 4.90 Å². The molecule has 1 N–H and O–H groups in total. The first-order chi connectivity index (χ1) is 13.1. The summed E-state index contributed by atoms with van der Waals surface area (Å²) < 4.78 is 20.2. The average molecular weight is 375 g/mol. The molecule has 3 aliphatic rings. The van der Waals surface area contributed by atoms with Gasteiger partial charge in [0.2, 0.25) is 0 Å². The third-order valence-electron chi connectivity index (χ3n) is 6.30. The standard InChI is InChI=1S/C21H30FN3O2/c1-2-16-13-24-11-5-6-17(24)14-25(16)21(26)23-15-9-10-20(19(22)12-15)27-18-7-3-4-8-18/h9-10,12,16-18H,2-8,11,13-14H2,1H3,(H,23,26). The first-order valence-corrected chi connectivity index (χ1v) is 10.4. The lowest BCUT2D eigenvalue weighted by molar-refractivity contribution is 0.0767. The van der Waals surface area contributed by atoms with Crippen LogP contribution >= 0.6 is 0 Å². The molecule has 1 aromatic rings. The fourth-order valence-corrected chi connectivity index (χ4v) is 4.74. The maximum Gasteiger partial charge on any atom is 0.322 e. The van der Waals surface area contributed by atoms with Crippen LogP contribution in [-0.4, -0.2) is 53.7 Å². The van der Waals surface area contributed by atoms with Crippen molar-refractivity contribution < 1.29 is 13.9 Å². The Morgan fingerprint density at radius 2 is 2.04 bits per heavy atom. The van der Waals surface area contributed by atoms with Crippen LogP contribution in [0.2, 0.25) is 0 Å². The van der Waals surface area contributed by atoms with Crippen LogP contribution in [0, 0.1) is 5.82 Å². The number of halogens is 1. The van der Waals surface area contributed by atoms with Crippen LogP contribution in [-0.2, 0) is 0 Å². The Labute approximate surface area is 160 Å². The van der Waals surface area contributed by atoms with Crippen molar-refractivity contribution in [3.05, 3.63) is 24.0 Å². The number of anilines is 1. The summed E-state index contributed by atoms with van der Waals surface area (Å²) in [5, 5.41) is 2.89. The highest BCUT2D eigenvalue weighted by atomic mass is 19.1. The number of carbonyl (C=O) groups is 1. The SMILES string of the molecule is CCC1CN2CCCC2CN1C(=O)Nc1ccc(OC2CCCC2)c(F)c1. The van der Waals surface area contributed by atoms with Gasteiger partial charge in [-0.05, 0) is 63.6 Å². The summed E-state index contributed by atoms with van der Waals surface area (Å²) in [6.07, 6.45) is 7.69. The van der Waals surface area contributed by atoms with Crippen molar-refractivity contribution in [2.24, 2.45) is 0 Å². The number of ether oxygens (including phenoxy) is 1. The molecule has 2 atom stereocenters. The predicted molar refractivity (Wildman–Crippen MR) is 104 cm³/mol. The van der Waals surface area contributed by atoms with E-state index in [9.17, 15) is 9.18 Å². The predicted octanol–water partition coefficient (Wildman–Crippen LogP) is 4.24. The van der Waals surface area contributed by atoms with Crippen molar-refractivity contribution in [3.63, 3.8) is 0 Å². The number of carbonyl (C=O) groups excluding carboxylic acids is 1. The van der Waals surface area contributed by atoms with E-state index in [4.69, 9.17) is 4.74 Å². The number of nitrogens with zero attached hydrogens (tertiary/aromatic N) is 2. The molecular formula is C21H30FN3O2. The van der Waals surface area contributed by atoms with Gasteiger partial charge < -0.3 is 15.0 Å². The lowest BCUT2D eigenvalue weighted by atomic mass is 10.1. The van der Waals surface area contributed by atoms with Gasteiger partial charge in [0.05, 0.1) is 6.10 Å². The van der Waals surface area contributed by atoms with Crippen LogP contribution in [0.3, 0.4) is 0 Å². The Hall–Kier alpha value is -1.82. The molecule has 2 saturated heterocycles. The fraction of sp³-hybridized carbons (Fsp3) is 0.667. The molecule has 1 aliphatic carbocycles. The minimum atomic E-state index is -0.410. The monoisotopic (exact) mass is 375 g/mol. The highest BCUT2D eigenvalue weighted by Crippen LogP contribution is 2.29. The number of urea groups is 1. The molecule has 2 amide bonds. The normalized spacial score (nSPS) is 26.2. The number of fused-ring (bicyclic) bond motifs is 1. The minimum Gasteiger partial charge on any atom is -0.487 e. The largest absolute Gasteiger partial charge is 0.487 e. The van der Waals surface area contributed by atoms with Gasteiger partial charge in [-0.2, -0.15) is 0 Å². The van der Waals surface area contributed by atoms with Gasteiger partial charge in [0.15, 0.2) is 11.6 Å². The maximum absolute atomic E-state index is 14.4. The molecule has 0 spiro atoms. The van der Waals surface area contributed by atoms with Gasteiger partial charge in [-0.25, -0.2) is 9.18 Å². The highest BCUT2D eigenvalue weighted by molar-refractivity contribution is 5.89. The fourth-order valence-electron chi connectivity index (χ4n) is 4.74. The van der Waals surface area contributed by atoms with E-state index in [1.165, 1.54) is 12.5 Å². The summed E-state index contributed by atoms with van der Waals surface area (Å²) in [5.41, 5.74) is 0.486. The molecule has 148 valence electrons. The molecule has 2 unspecified atom stereocenters. The number of hydrogen-bond donors (Lipinski definition) is 1. The zero-order chi connectivity index (χ0) is 18.8. The second-order valence-corrected chi connectivity index (χ2v) is 8.11. The first kappa shape index (κ1) is 18.5. The van der Waals surface area contributed by atoms with E-state index in [0.29, 0.717) is 11.7 Å². The highest BCUT2D eigenvalue weighted by Gasteiger charge is 2.37. The summed E-state index contributed by atoms with van der Waals surface area (Å²) in [7, 11) is 0. The number of amides is 2. The summed E-state index contributed by atoms with van der Waals surface area (Å²) in [4.78, 5) is 17.3. The van der Waals surface area contributed by atoms with Crippen LogP contribution in [0.25, 0.3) is 0 Å². The van der Waals surface area contributed by atoms with Crippen LogP contribution < -0.4 is 10.1 Å². The molecule has 3 fully saturated rings. The minimum absolute atomic E-state index is 0.118. The molecular weight excluding hydrogens is 345 g/mol. The van der Waals surface area contributed by atoms with E-state index < -0.39 is 5.82 Å². The number of benzene rings is 1. The van der Waals surface area contributed by atoms with Crippen molar-refractivity contribution in [1.82, 2.24) is 9.80 Å². The smallest absolute Gasteiger partial charge is 0.322 e. The van der Waals surface area contributed by atoms with E-state index in [0.717, 1.165) is 58.2 Å². The zero-order valence-corrected chi connectivity index (χ0v) is 16.1. The van der Waals surface area contributed by atoms with E-state index in [2.05, 4.69) is 17.1 Å². The topological polar surface area (TPSA) is 44.8 Å². The second-order valence-electron chi connectivity index (χ2n) is 8.11. The Morgan fingerprint density at radius 1 is 1.22 bits per heavy atom. The lowest BCUT2D eigenvalue weighted by Crippen LogP contribution is -2.58. The second kappa shape index (κ2) is 8.05. The third kappa shape index (κ3) is 4.05. The molecule has 1 aromatic carbocycles. The summed E-state index contributed by atoms with van der Waals surface area (Å²) in [5.74, 6) is -0.127. The Morgan fingerprint density at radius 3 is 2.78 bits per heavy atom.